The number of pyridine rings is 1. The Morgan fingerprint density at radius 1 is 1.21 bits per heavy atom. The van der Waals surface area contributed by atoms with E-state index in [2.05, 4.69) is 30.0 Å². The zero-order chi connectivity index (χ0) is 19.7. The lowest BCUT2D eigenvalue weighted by Gasteiger charge is -2.35. The van der Waals surface area contributed by atoms with Crippen LogP contribution in [0.15, 0.2) is 42.6 Å². The SMILES string of the molecule is CN(C)Cc1cc(C2CCCCN2C(=O)c2cccc3ncccc23)nn1C. The van der Waals surface area contributed by atoms with E-state index in [1.54, 1.807) is 6.20 Å². The summed E-state index contributed by atoms with van der Waals surface area (Å²) in [6.45, 7) is 1.60. The highest BCUT2D eigenvalue weighted by molar-refractivity contribution is 6.06. The molecular formula is C22H27N5O. The summed E-state index contributed by atoms with van der Waals surface area (Å²) in [7, 11) is 6.09. The minimum Gasteiger partial charge on any atom is -0.330 e. The van der Waals surface area contributed by atoms with Gasteiger partial charge in [-0.15, -0.1) is 0 Å². The fourth-order valence-corrected chi connectivity index (χ4v) is 4.09. The number of likely N-dealkylation sites (tertiary alicyclic amines) is 1. The zero-order valence-corrected chi connectivity index (χ0v) is 16.8. The maximum absolute atomic E-state index is 13.5. The van der Waals surface area contributed by atoms with Gasteiger partial charge in [-0.3, -0.25) is 14.5 Å². The normalized spacial score (nSPS) is 17.4. The molecule has 1 aliphatic heterocycles. The molecule has 1 saturated heterocycles. The number of aromatic nitrogens is 3. The number of rotatable bonds is 4. The van der Waals surface area contributed by atoms with Gasteiger partial charge in [-0.25, -0.2) is 0 Å². The Bertz CT molecular complexity index is 988. The number of fused-ring (bicyclic) bond motifs is 1. The molecule has 0 aliphatic carbocycles. The van der Waals surface area contributed by atoms with Crippen LogP contribution in [0.2, 0.25) is 0 Å². The zero-order valence-electron chi connectivity index (χ0n) is 16.8. The van der Waals surface area contributed by atoms with Crippen LogP contribution in [0.1, 0.15) is 47.1 Å². The van der Waals surface area contributed by atoms with E-state index in [1.807, 2.05) is 47.0 Å². The second-order valence-electron chi connectivity index (χ2n) is 7.81. The standard InChI is InChI=1S/C22H27N5O/c1-25(2)15-16-14-20(24-26(16)3)21-11-4-5-13-27(21)22(28)18-8-6-10-19-17(18)9-7-12-23-19/h6-10,12,14,21H,4-5,11,13,15H2,1-3H3. The molecule has 0 bridgehead atoms. The fraction of sp³-hybridized carbons (Fsp3) is 0.409. The van der Waals surface area contributed by atoms with E-state index in [0.29, 0.717) is 0 Å². The third kappa shape index (κ3) is 3.52. The van der Waals surface area contributed by atoms with Crippen molar-refractivity contribution >= 4 is 16.8 Å². The summed E-state index contributed by atoms with van der Waals surface area (Å²) in [4.78, 5) is 22.1. The monoisotopic (exact) mass is 377 g/mol. The van der Waals surface area contributed by atoms with Crippen molar-refractivity contribution in [3.8, 4) is 0 Å². The maximum atomic E-state index is 13.5. The average molecular weight is 377 g/mol. The van der Waals surface area contributed by atoms with E-state index >= 15 is 0 Å². The molecule has 28 heavy (non-hydrogen) atoms. The van der Waals surface area contributed by atoms with Crippen molar-refractivity contribution in [2.45, 2.75) is 31.8 Å². The van der Waals surface area contributed by atoms with Crippen LogP contribution in [-0.4, -0.2) is 51.1 Å². The quantitative estimate of drug-likeness (QED) is 0.699. The molecule has 6 heteroatoms. The van der Waals surface area contributed by atoms with Crippen LogP contribution in [0.4, 0.5) is 0 Å². The van der Waals surface area contributed by atoms with Crippen LogP contribution in [0.3, 0.4) is 0 Å². The summed E-state index contributed by atoms with van der Waals surface area (Å²) in [6.07, 6.45) is 4.86. The molecule has 1 unspecified atom stereocenters. The number of hydrogen-bond donors (Lipinski definition) is 0. The summed E-state index contributed by atoms with van der Waals surface area (Å²) in [5, 5.41) is 5.67. The van der Waals surface area contributed by atoms with Gasteiger partial charge < -0.3 is 9.80 Å². The van der Waals surface area contributed by atoms with Crippen molar-refractivity contribution in [3.05, 3.63) is 59.5 Å². The summed E-state index contributed by atoms with van der Waals surface area (Å²) in [6, 6.07) is 11.8. The fourth-order valence-electron chi connectivity index (χ4n) is 4.09. The highest BCUT2D eigenvalue weighted by atomic mass is 16.2. The summed E-state index contributed by atoms with van der Waals surface area (Å²) < 4.78 is 1.94. The molecule has 1 atom stereocenters. The number of piperidine rings is 1. The number of benzene rings is 1. The van der Waals surface area contributed by atoms with Crippen molar-refractivity contribution in [1.29, 1.82) is 0 Å². The summed E-state index contributed by atoms with van der Waals surface area (Å²) in [5.41, 5.74) is 3.73. The third-order valence-corrected chi connectivity index (χ3v) is 5.46. The first-order valence-corrected chi connectivity index (χ1v) is 9.87. The van der Waals surface area contributed by atoms with Gasteiger partial charge in [0, 0.05) is 37.3 Å². The topological polar surface area (TPSA) is 54.3 Å². The molecule has 1 fully saturated rings. The summed E-state index contributed by atoms with van der Waals surface area (Å²) in [5.74, 6) is 0.0723. The van der Waals surface area contributed by atoms with Gasteiger partial charge in [-0.2, -0.15) is 5.10 Å². The third-order valence-electron chi connectivity index (χ3n) is 5.46. The lowest BCUT2D eigenvalue weighted by atomic mass is 9.97. The molecule has 4 rings (SSSR count). The van der Waals surface area contributed by atoms with Crippen molar-refractivity contribution < 1.29 is 4.79 Å². The van der Waals surface area contributed by atoms with Crippen LogP contribution >= 0.6 is 0 Å². The van der Waals surface area contributed by atoms with Crippen LogP contribution in [0.25, 0.3) is 10.9 Å². The molecule has 6 nitrogen and oxygen atoms in total. The Hall–Kier alpha value is -2.73. The number of hydrogen-bond acceptors (Lipinski definition) is 4. The first-order valence-electron chi connectivity index (χ1n) is 9.87. The predicted octanol–water partition coefficient (Wildman–Crippen LogP) is 3.40. The van der Waals surface area contributed by atoms with E-state index in [4.69, 9.17) is 5.10 Å². The van der Waals surface area contributed by atoms with Gasteiger partial charge in [-0.1, -0.05) is 12.1 Å². The number of aryl methyl sites for hydroxylation is 1. The van der Waals surface area contributed by atoms with Crippen molar-refractivity contribution in [2.24, 2.45) is 7.05 Å². The summed E-state index contributed by atoms with van der Waals surface area (Å²) >= 11 is 0. The number of carbonyl (C=O) groups is 1. The number of carbonyl (C=O) groups excluding carboxylic acids is 1. The van der Waals surface area contributed by atoms with Crippen LogP contribution < -0.4 is 0 Å². The Balaban J connectivity index is 1.68. The van der Waals surface area contributed by atoms with Crippen LogP contribution in [0.5, 0.6) is 0 Å². The molecule has 0 N–H and O–H groups in total. The molecule has 0 saturated carbocycles. The Morgan fingerprint density at radius 3 is 2.89 bits per heavy atom. The molecule has 0 spiro atoms. The number of amides is 1. The van der Waals surface area contributed by atoms with Gasteiger partial charge in [0.15, 0.2) is 0 Å². The maximum Gasteiger partial charge on any atom is 0.255 e. The molecule has 146 valence electrons. The van der Waals surface area contributed by atoms with E-state index < -0.39 is 0 Å². The molecule has 0 radical (unpaired) electrons. The Kier molecular flexibility index (Phi) is 5.13. The first-order chi connectivity index (χ1) is 13.5. The van der Waals surface area contributed by atoms with Gasteiger partial charge in [0.1, 0.15) is 0 Å². The van der Waals surface area contributed by atoms with Crippen molar-refractivity contribution in [3.63, 3.8) is 0 Å². The highest BCUT2D eigenvalue weighted by Crippen LogP contribution is 2.33. The number of nitrogens with zero attached hydrogens (tertiary/aromatic N) is 5. The van der Waals surface area contributed by atoms with Gasteiger partial charge >= 0.3 is 0 Å². The largest absolute Gasteiger partial charge is 0.330 e. The second kappa shape index (κ2) is 7.72. The lowest BCUT2D eigenvalue weighted by molar-refractivity contribution is 0.0607. The second-order valence-corrected chi connectivity index (χ2v) is 7.81. The minimum atomic E-state index is 0.0234. The smallest absolute Gasteiger partial charge is 0.255 e. The van der Waals surface area contributed by atoms with E-state index in [1.165, 1.54) is 0 Å². The van der Waals surface area contributed by atoms with Crippen LogP contribution in [0, 0.1) is 0 Å². The van der Waals surface area contributed by atoms with Gasteiger partial charge in [0.2, 0.25) is 0 Å². The van der Waals surface area contributed by atoms with E-state index in [9.17, 15) is 4.79 Å². The van der Waals surface area contributed by atoms with Crippen LogP contribution in [-0.2, 0) is 13.6 Å². The Labute approximate surface area is 165 Å². The van der Waals surface area contributed by atoms with Gasteiger partial charge in [0.25, 0.3) is 5.91 Å². The first kappa shape index (κ1) is 18.6. The molecular weight excluding hydrogens is 350 g/mol. The molecule has 1 aromatic carbocycles. The van der Waals surface area contributed by atoms with E-state index in [-0.39, 0.29) is 11.9 Å². The minimum absolute atomic E-state index is 0.0234. The molecule has 2 aromatic heterocycles. The predicted molar refractivity (Wildman–Crippen MR) is 110 cm³/mol. The van der Waals surface area contributed by atoms with E-state index in [0.717, 1.165) is 60.2 Å². The molecule has 3 aromatic rings. The molecule has 1 aliphatic rings. The molecule has 1 amide bonds. The average Bonchev–Trinajstić information content (AvgIpc) is 3.06. The Morgan fingerprint density at radius 2 is 2.07 bits per heavy atom. The van der Waals surface area contributed by atoms with Gasteiger partial charge in [0.05, 0.1) is 22.9 Å². The molecule has 3 heterocycles. The lowest BCUT2D eigenvalue weighted by Crippen LogP contribution is -2.38. The highest BCUT2D eigenvalue weighted by Gasteiger charge is 2.31. The van der Waals surface area contributed by atoms with Gasteiger partial charge in [-0.05, 0) is 57.6 Å². The van der Waals surface area contributed by atoms with Crippen molar-refractivity contribution in [1.82, 2.24) is 24.6 Å². The van der Waals surface area contributed by atoms with Crippen molar-refractivity contribution in [2.75, 3.05) is 20.6 Å².